The third-order valence-corrected chi connectivity index (χ3v) is 6.68. The summed E-state index contributed by atoms with van der Waals surface area (Å²) in [5.74, 6) is 0.127. The van der Waals surface area contributed by atoms with Gasteiger partial charge in [0, 0.05) is 17.1 Å². The molecule has 126 valence electrons. The van der Waals surface area contributed by atoms with Gasteiger partial charge in [-0.25, -0.2) is 8.42 Å². The molecule has 2 saturated heterocycles. The zero-order valence-electron chi connectivity index (χ0n) is 12.9. The Morgan fingerprint density at radius 3 is 2.78 bits per heavy atom. The first-order valence-electron chi connectivity index (χ1n) is 7.93. The number of rotatable bonds is 4. The highest BCUT2D eigenvalue weighted by Gasteiger charge is 2.32. The highest BCUT2D eigenvalue weighted by Crippen LogP contribution is 2.35. The molecule has 0 aliphatic carbocycles. The normalized spacial score (nSPS) is 27.2. The van der Waals surface area contributed by atoms with E-state index in [9.17, 15) is 13.2 Å². The zero-order chi connectivity index (χ0) is 16.4. The molecule has 23 heavy (non-hydrogen) atoms. The number of amides is 1. The van der Waals surface area contributed by atoms with Gasteiger partial charge in [0.05, 0.1) is 18.1 Å². The minimum atomic E-state index is -2.97. The molecule has 5 nitrogen and oxygen atoms in total. The molecule has 1 aromatic carbocycles. The van der Waals surface area contributed by atoms with Crippen LogP contribution >= 0.6 is 11.6 Å². The van der Waals surface area contributed by atoms with Gasteiger partial charge in [-0.3, -0.25) is 9.69 Å². The summed E-state index contributed by atoms with van der Waals surface area (Å²) in [6, 6.07) is 7.65. The standard InChI is InChI=1S/C16H21ClN2O3S/c17-14-5-2-1-4-13(14)15-6-3-8-19(15)10-16(20)18-12-7-9-23(21,22)11-12/h1-2,4-5,12,15H,3,6-11H2,(H,18,20). The Morgan fingerprint density at radius 1 is 1.30 bits per heavy atom. The Hall–Kier alpha value is -1.11. The van der Waals surface area contributed by atoms with Crippen LogP contribution in [0.4, 0.5) is 0 Å². The van der Waals surface area contributed by atoms with Gasteiger partial charge >= 0.3 is 0 Å². The second-order valence-corrected chi connectivity index (χ2v) is 8.95. The highest BCUT2D eigenvalue weighted by molar-refractivity contribution is 7.91. The van der Waals surface area contributed by atoms with Crippen LogP contribution < -0.4 is 5.32 Å². The third kappa shape index (κ3) is 4.05. The van der Waals surface area contributed by atoms with Crippen molar-refractivity contribution in [2.45, 2.75) is 31.3 Å². The maximum Gasteiger partial charge on any atom is 0.234 e. The van der Waals surface area contributed by atoms with Crippen LogP contribution in [0.1, 0.15) is 30.9 Å². The van der Waals surface area contributed by atoms with E-state index in [1.54, 1.807) is 0 Å². The summed E-state index contributed by atoms with van der Waals surface area (Å²) in [5.41, 5.74) is 1.06. The minimum Gasteiger partial charge on any atom is -0.351 e. The van der Waals surface area contributed by atoms with Crippen LogP contribution in [0.2, 0.25) is 5.02 Å². The molecule has 0 saturated carbocycles. The number of carbonyl (C=O) groups is 1. The molecule has 7 heteroatoms. The smallest absolute Gasteiger partial charge is 0.234 e. The highest BCUT2D eigenvalue weighted by atomic mass is 35.5. The molecule has 2 unspecified atom stereocenters. The molecule has 0 aromatic heterocycles. The Kier molecular flexibility index (Phi) is 4.94. The Bertz CT molecular complexity index is 692. The molecule has 2 atom stereocenters. The molecule has 2 aliphatic heterocycles. The van der Waals surface area contributed by atoms with Gasteiger partial charge in [0.2, 0.25) is 5.91 Å². The van der Waals surface area contributed by atoms with E-state index in [1.807, 2.05) is 24.3 Å². The van der Waals surface area contributed by atoms with Gasteiger partial charge < -0.3 is 5.32 Å². The lowest BCUT2D eigenvalue weighted by atomic mass is 10.0. The second kappa shape index (κ2) is 6.79. The van der Waals surface area contributed by atoms with Crippen molar-refractivity contribution in [2.24, 2.45) is 0 Å². The van der Waals surface area contributed by atoms with Crippen molar-refractivity contribution in [2.75, 3.05) is 24.6 Å². The van der Waals surface area contributed by atoms with Crippen molar-refractivity contribution >= 4 is 27.3 Å². The van der Waals surface area contributed by atoms with E-state index in [-0.39, 0.29) is 36.0 Å². The Balaban J connectivity index is 1.61. The van der Waals surface area contributed by atoms with E-state index in [0.717, 1.165) is 30.0 Å². The van der Waals surface area contributed by atoms with Gasteiger partial charge in [0.1, 0.15) is 0 Å². The molecule has 2 fully saturated rings. The van der Waals surface area contributed by atoms with Gasteiger partial charge in [0.25, 0.3) is 0 Å². The number of sulfone groups is 1. The fourth-order valence-electron chi connectivity index (χ4n) is 3.48. The Morgan fingerprint density at radius 2 is 2.09 bits per heavy atom. The SMILES string of the molecule is O=C(CN1CCCC1c1ccccc1Cl)NC1CCS(=O)(=O)C1. The minimum absolute atomic E-state index is 0.0622. The predicted molar refractivity (Wildman–Crippen MR) is 90.2 cm³/mol. The molecular formula is C16H21ClN2O3S. The van der Waals surface area contributed by atoms with Crippen molar-refractivity contribution in [3.05, 3.63) is 34.9 Å². The lowest BCUT2D eigenvalue weighted by Gasteiger charge is -2.25. The van der Waals surface area contributed by atoms with Gasteiger partial charge in [-0.05, 0) is 37.4 Å². The van der Waals surface area contributed by atoms with E-state index >= 15 is 0 Å². The first-order valence-corrected chi connectivity index (χ1v) is 10.1. The molecule has 0 spiro atoms. The van der Waals surface area contributed by atoms with Crippen molar-refractivity contribution in [1.29, 1.82) is 0 Å². The van der Waals surface area contributed by atoms with E-state index in [0.29, 0.717) is 6.42 Å². The molecule has 0 bridgehead atoms. The number of nitrogens with zero attached hydrogens (tertiary/aromatic N) is 1. The van der Waals surface area contributed by atoms with Crippen LogP contribution in [0.5, 0.6) is 0 Å². The summed E-state index contributed by atoms with van der Waals surface area (Å²) >= 11 is 6.28. The fourth-order valence-corrected chi connectivity index (χ4v) is 5.41. The van der Waals surface area contributed by atoms with Crippen molar-refractivity contribution in [3.63, 3.8) is 0 Å². The van der Waals surface area contributed by atoms with Crippen LogP contribution in [-0.4, -0.2) is 49.9 Å². The maximum absolute atomic E-state index is 12.2. The van der Waals surface area contributed by atoms with E-state index in [4.69, 9.17) is 11.6 Å². The van der Waals surface area contributed by atoms with Gasteiger partial charge in [-0.15, -0.1) is 0 Å². The van der Waals surface area contributed by atoms with Gasteiger partial charge in [-0.2, -0.15) is 0 Å². The van der Waals surface area contributed by atoms with Crippen molar-refractivity contribution < 1.29 is 13.2 Å². The second-order valence-electron chi connectivity index (χ2n) is 6.32. The van der Waals surface area contributed by atoms with Crippen LogP contribution in [0.15, 0.2) is 24.3 Å². The number of hydrogen-bond donors (Lipinski definition) is 1. The lowest BCUT2D eigenvalue weighted by Crippen LogP contribution is -2.42. The molecule has 1 amide bonds. The van der Waals surface area contributed by atoms with Crippen LogP contribution in [0.25, 0.3) is 0 Å². The molecule has 3 rings (SSSR count). The summed E-state index contributed by atoms with van der Waals surface area (Å²) in [6.45, 7) is 1.14. The molecular weight excluding hydrogens is 336 g/mol. The van der Waals surface area contributed by atoms with Crippen LogP contribution in [-0.2, 0) is 14.6 Å². The molecule has 0 radical (unpaired) electrons. The molecule has 2 heterocycles. The first-order chi connectivity index (χ1) is 10.9. The monoisotopic (exact) mass is 356 g/mol. The molecule has 1 aromatic rings. The summed E-state index contributed by atoms with van der Waals surface area (Å²) in [6.07, 6.45) is 2.53. The average Bonchev–Trinajstić information content (AvgIpc) is 3.06. The number of halogens is 1. The van der Waals surface area contributed by atoms with Gasteiger partial charge in [-0.1, -0.05) is 29.8 Å². The van der Waals surface area contributed by atoms with Crippen molar-refractivity contribution in [1.82, 2.24) is 10.2 Å². The summed E-state index contributed by atoms with van der Waals surface area (Å²) < 4.78 is 22.9. The Labute approximate surface area is 141 Å². The lowest BCUT2D eigenvalue weighted by molar-refractivity contribution is -0.123. The summed E-state index contributed by atoms with van der Waals surface area (Å²) in [7, 11) is -2.97. The predicted octanol–water partition coefficient (Wildman–Crippen LogP) is 1.78. The van der Waals surface area contributed by atoms with Crippen molar-refractivity contribution in [3.8, 4) is 0 Å². The maximum atomic E-state index is 12.2. The molecule has 1 N–H and O–H groups in total. The molecule has 2 aliphatic rings. The zero-order valence-corrected chi connectivity index (χ0v) is 14.4. The largest absolute Gasteiger partial charge is 0.351 e. The fraction of sp³-hybridized carbons (Fsp3) is 0.562. The van der Waals surface area contributed by atoms with Crippen LogP contribution in [0.3, 0.4) is 0 Å². The summed E-state index contributed by atoms with van der Waals surface area (Å²) in [5, 5.41) is 3.58. The summed E-state index contributed by atoms with van der Waals surface area (Å²) in [4.78, 5) is 14.4. The number of hydrogen-bond acceptors (Lipinski definition) is 4. The van der Waals surface area contributed by atoms with E-state index in [2.05, 4.69) is 10.2 Å². The number of nitrogens with one attached hydrogen (secondary N) is 1. The number of carbonyl (C=O) groups excluding carboxylic acids is 1. The number of likely N-dealkylation sites (tertiary alicyclic amines) is 1. The number of benzene rings is 1. The van der Waals surface area contributed by atoms with E-state index < -0.39 is 9.84 Å². The first kappa shape index (κ1) is 16.7. The average molecular weight is 357 g/mol. The van der Waals surface area contributed by atoms with Gasteiger partial charge in [0.15, 0.2) is 9.84 Å². The third-order valence-electron chi connectivity index (χ3n) is 4.57. The van der Waals surface area contributed by atoms with E-state index in [1.165, 1.54) is 0 Å². The van der Waals surface area contributed by atoms with Crippen LogP contribution in [0, 0.1) is 0 Å². The quantitative estimate of drug-likeness (QED) is 0.893. The topological polar surface area (TPSA) is 66.5 Å².